The second kappa shape index (κ2) is 5.88. The first-order valence-electron chi connectivity index (χ1n) is 7.81. The molecule has 1 aromatic carbocycles. The smallest absolute Gasteiger partial charge is 0.228 e. The van der Waals surface area contributed by atoms with Gasteiger partial charge in [-0.15, -0.1) is 0 Å². The Labute approximate surface area is 125 Å². The van der Waals surface area contributed by atoms with Gasteiger partial charge in [-0.25, -0.2) is 0 Å². The number of nitrogens with one attached hydrogen (secondary N) is 2. The Hall–Kier alpha value is -1.84. The average molecular weight is 286 g/mol. The number of hydrogen-bond donors (Lipinski definition) is 2. The fraction of sp³-hybridized carbons (Fsp3) is 0.529. The zero-order chi connectivity index (χ0) is 14.8. The van der Waals surface area contributed by atoms with Crippen LogP contribution in [-0.2, 0) is 9.59 Å². The summed E-state index contributed by atoms with van der Waals surface area (Å²) in [5, 5.41) is 5.98. The predicted molar refractivity (Wildman–Crippen MR) is 81.8 cm³/mol. The van der Waals surface area contributed by atoms with E-state index in [-0.39, 0.29) is 23.7 Å². The van der Waals surface area contributed by atoms with E-state index in [0.29, 0.717) is 12.5 Å². The Balaban J connectivity index is 1.50. The van der Waals surface area contributed by atoms with Gasteiger partial charge in [0, 0.05) is 11.7 Å². The molecule has 112 valence electrons. The van der Waals surface area contributed by atoms with Gasteiger partial charge in [-0.05, 0) is 43.9 Å². The van der Waals surface area contributed by atoms with E-state index in [2.05, 4.69) is 10.6 Å². The van der Waals surface area contributed by atoms with E-state index >= 15 is 0 Å². The summed E-state index contributed by atoms with van der Waals surface area (Å²) in [4.78, 5) is 24.2. The Morgan fingerprint density at radius 1 is 1.10 bits per heavy atom. The minimum Gasteiger partial charge on any atom is -0.353 e. The lowest BCUT2D eigenvalue weighted by Gasteiger charge is -2.11. The third-order valence-electron chi connectivity index (χ3n) is 4.45. The molecule has 2 aliphatic rings. The Bertz CT molecular complexity index is 549. The molecule has 4 nitrogen and oxygen atoms in total. The van der Waals surface area contributed by atoms with Crippen LogP contribution in [0, 0.1) is 18.8 Å². The molecular weight excluding hydrogens is 264 g/mol. The molecule has 3 rings (SSSR count). The molecule has 2 fully saturated rings. The lowest BCUT2D eigenvalue weighted by molar-refractivity contribution is -0.125. The van der Waals surface area contributed by atoms with Gasteiger partial charge in [-0.3, -0.25) is 9.59 Å². The Kier molecular flexibility index (Phi) is 3.95. The average Bonchev–Trinajstić information content (AvgIpc) is 3.10. The zero-order valence-corrected chi connectivity index (χ0v) is 12.4. The molecule has 0 aromatic heterocycles. The maximum Gasteiger partial charge on any atom is 0.228 e. The standard InChI is InChI=1S/C17H22N2O2/c1-11-5-4-8-13(9-11)19-17(21)15-10-14(15)16(20)18-12-6-2-3-7-12/h4-5,8-9,12,14-15H,2-3,6-7,10H2,1H3,(H,18,20)(H,19,21). The van der Waals surface area contributed by atoms with E-state index in [1.165, 1.54) is 12.8 Å². The molecular formula is C17H22N2O2. The summed E-state index contributed by atoms with van der Waals surface area (Å²) in [6, 6.07) is 8.06. The predicted octanol–water partition coefficient (Wildman–Crippen LogP) is 2.63. The van der Waals surface area contributed by atoms with Gasteiger partial charge in [0.05, 0.1) is 11.8 Å². The van der Waals surface area contributed by atoms with Gasteiger partial charge >= 0.3 is 0 Å². The highest BCUT2D eigenvalue weighted by molar-refractivity contribution is 5.99. The highest BCUT2D eigenvalue weighted by Crippen LogP contribution is 2.40. The molecule has 2 saturated carbocycles. The number of benzene rings is 1. The zero-order valence-electron chi connectivity index (χ0n) is 12.4. The van der Waals surface area contributed by atoms with Gasteiger partial charge in [0.15, 0.2) is 0 Å². The van der Waals surface area contributed by atoms with Crippen LogP contribution in [0.3, 0.4) is 0 Å². The van der Waals surface area contributed by atoms with Gasteiger partial charge in [-0.2, -0.15) is 0 Å². The van der Waals surface area contributed by atoms with Crippen LogP contribution in [0.15, 0.2) is 24.3 Å². The number of hydrogen-bond acceptors (Lipinski definition) is 2. The van der Waals surface area contributed by atoms with E-state index in [4.69, 9.17) is 0 Å². The maximum atomic E-state index is 12.1. The SMILES string of the molecule is Cc1cccc(NC(=O)C2CC2C(=O)NC2CCCC2)c1. The molecule has 4 heteroatoms. The quantitative estimate of drug-likeness (QED) is 0.894. The Morgan fingerprint density at radius 3 is 2.52 bits per heavy atom. The van der Waals surface area contributed by atoms with Crippen LogP contribution < -0.4 is 10.6 Å². The van der Waals surface area contributed by atoms with E-state index in [1.54, 1.807) is 0 Å². The van der Waals surface area contributed by atoms with Crippen LogP contribution in [0.25, 0.3) is 0 Å². The Morgan fingerprint density at radius 2 is 1.81 bits per heavy atom. The summed E-state index contributed by atoms with van der Waals surface area (Å²) in [5.41, 5.74) is 1.92. The van der Waals surface area contributed by atoms with Crippen molar-refractivity contribution in [3.05, 3.63) is 29.8 Å². The topological polar surface area (TPSA) is 58.2 Å². The van der Waals surface area contributed by atoms with Crippen LogP contribution in [-0.4, -0.2) is 17.9 Å². The van der Waals surface area contributed by atoms with Crippen molar-refractivity contribution in [2.75, 3.05) is 5.32 Å². The molecule has 2 unspecified atom stereocenters. The van der Waals surface area contributed by atoms with Crippen LogP contribution in [0.5, 0.6) is 0 Å². The summed E-state index contributed by atoms with van der Waals surface area (Å²) >= 11 is 0. The van der Waals surface area contributed by atoms with E-state index in [0.717, 1.165) is 24.1 Å². The van der Waals surface area contributed by atoms with Gasteiger partial charge < -0.3 is 10.6 Å². The molecule has 0 radical (unpaired) electrons. The van der Waals surface area contributed by atoms with Crippen molar-refractivity contribution >= 4 is 17.5 Å². The fourth-order valence-corrected chi connectivity index (χ4v) is 3.11. The van der Waals surface area contributed by atoms with Gasteiger partial charge in [0.2, 0.25) is 11.8 Å². The summed E-state index contributed by atoms with van der Waals surface area (Å²) in [6.45, 7) is 1.99. The molecule has 2 aliphatic carbocycles. The highest BCUT2D eigenvalue weighted by atomic mass is 16.2. The molecule has 1 aromatic rings. The van der Waals surface area contributed by atoms with Crippen molar-refractivity contribution in [3.63, 3.8) is 0 Å². The van der Waals surface area contributed by atoms with E-state index in [9.17, 15) is 9.59 Å². The third-order valence-corrected chi connectivity index (χ3v) is 4.45. The van der Waals surface area contributed by atoms with Crippen LogP contribution in [0.1, 0.15) is 37.7 Å². The second-order valence-electron chi connectivity index (χ2n) is 6.30. The maximum absolute atomic E-state index is 12.1. The molecule has 21 heavy (non-hydrogen) atoms. The third kappa shape index (κ3) is 3.43. The number of carbonyl (C=O) groups excluding carboxylic acids is 2. The van der Waals surface area contributed by atoms with Crippen molar-refractivity contribution in [2.24, 2.45) is 11.8 Å². The van der Waals surface area contributed by atoms with E-state index in [1.807, 2.05) is 31.2 Å². The minimum absolute atomic E-state index is 0.0350. The molecule has 0 saturated heterocycles. The van der Waals surface area contributed by atoms with Crippen molar-refractivity contribution in [3.8, 4) is 0 Å². The summed E-state index contributed by atoms with van der Waals surface area (Å²) < 4.78 is 0. The first-order valence-corrected chi connectivity index (χ1v) is 7.81. The van der Waals surface area contributed by atoms with Gasteiger partial charge in [0.25, 0.3) is 0 Å². The molecule has 0 spiro atoms. The molecule has 0 bridgehead atoms. The highest BCUT2D eigenvalue weighted by Gasteiger charge is 2.48. The molecule has 2 amide bonds. The largest absolute Gasteiger partial charge is 0.353 e. The number of amides is 2. The molecule has 2 N–H and O–H groups in total. The first kappa shape index (κ1) is 14.1. The van der Waals surface area contributed by atoms with Crippen LogP contribution in [0.2, 0.25) is 0 Å². The lowest BCUT2D eigenvalue weighted by atomic mass is 10.2. The second-order valence-corrected chi connectivity index (χ2v) is 6.30. The monoisotopic (exact) mass is 286 g/mol. The summed E-state index contributed by atoms with van der Waals surface area (Å²) in [7, 11) is 0. The normalized spacial score (nSPS) is 24.6. The van der Waals surface area contributed by atoms with Gasteiger partial charge in [-0.1, -0.05) is 25.0 Å². The van der Waals surface area contributed by atoms with E-state index < -0.39 is 0 Å². The van der Waals surface area contributed by atoms with Crippen molar-refractivity contribution in [1.29, 1.82) is 0 Å². The van der Waals surface area contributed by atoms with Crippen LogP contribution in [0.4, 0.5) is 5.69 Å². The summed E-state index contributed by atoms with van der Waals surface area (Å²) in [6.07, 6.45) is 5.24. The lowest BCUT2D eigenvalue weighted by Crippen LogP contribution is -2.34. The van der Waals surface area contributed by atoms with Crippen molar-refractivity contribution in [2.45, 2.75) is 45.1 Å². The minimum atomic E-state index is -0.160. The fourth-order valence-electron chi connectivity index (χ4n) is 3.11. The first-order chi connectivity index (χ1) is 10.1. The number of carbonyl (C=O) groups is 2. The number of rotatable bonds is 4. The number of anilines is 1. The molecule has 0 aliphatic heterocycles. The molecule has 2 atom stereocenters. The van der Waals surface area contributed by atoms with Crippen LogP contribution >= 0.6 is 0 Å². The summed E-state index contributed by atoms with van der Waals surface area (Å²) in [5.74, 6) is -0.263. The molecule has 0 heterocycles. The van der Waals surface area contributed by atoms with Crippen molar-refractivity contribution < 1.29 is 9.59 Å². The number of aryl methyl sites for hydroxylation is 1. The van der Waals surface area contributed by atoms with Crippen molar-refractivity contribution in [1.82, 2.24) is 5.32 Å². The van der Waals surface area contributed by atoms with Gasteiger partial charge in [0.1, 0.15) is 0 Å².